The van der Waals surface area contributed by atoms with Gasteiger partial charge in [0, 0.05) is 0 Å². The predicted molar refractivity (Wildman–Crippen MR) is 34.7 cm³/mol. The third kappa shape index (κ3) is 1.15. The Balaban J connectivity index is 2.32. The van der Waals surface area contributed by atoms with Crippen molar-refractivity contribution in [1.82, 2.24) is 0 Å². The molecule has 0 aromatic heterocycles. The highest BCUT2D eigenvalue weighted by atomic mass is 32.1. The third-order valence-electron chi connectivity index (χ3n) is 1.36. The minimum atomic E-state index is -0.282. The molecule has 0 aromatic rings. The van der Waals surface area contributed by atoms with Gasteiger partial charge in [0.25, 0.3) is 0 Å². The molecule has 1 aliphatic carbocycles. The van der Waals surface area contributed by atoms with Gasteiger partial charge >= 0.3 is 0 Å². The van der Waals surface area contributed by atoms with Crippen molar-refractivity contribution in [3.8, 4) is 0 Å². The van der Waals surface area contributed by atoms with Crippen molar-refractivity contribution in [3.05, 3.63) is 0 Å². The van der Waals surface area contributed by atoms with Crippen molar-refractivity contribution in [1.29, 1.82) is 0 Å². The Morgan fingerprint density at radius 3 is 2.38 bits per heavy atom. The van der Waals surface area contributed by atoms with Gasteiger partial charge in [0.05, 0.1) is 5.25 Å². The normalized spacial score (nSPS) is 22.6. The molecule has 1 atom stereocenters. The Hall–Kier alpha value is -0.180. The van der Waals surface area contributed by atoms with Crippen LogP contribution in [0.15, 0.2) is 0 Å². The number of amides is 1. The molecule has 1 saturated carbocycles. The smallest absolute Gasteiger partial charge is 0.230 e. The monoisotopic (exact) mass is 131 g/mol. The number of carbonyl (C=O) groups excluding carboxylic acids is 1. The summed E-state index contributed by atoms with van der Waals surface area (Å²) in [4.78, 5) is 10.3. The van der Waals surface area contributed by atoms with Crippen LogP contribution in [-0.4, -0.2) is 11.2 Å². The van der Waals surface area contributed by atoms with E-state index < -0.39 is 0 Å². The van der Waals surface area contributed by atoms with Gasteiger partial charge in [-0.3, -0.25) is 4.79 Å². The highest BCUT2D eigenvalue weighted by Crippen LogP contribution is 2.34. The molecule has 8 heavy (non-hydrogen) atoms. The zero-order chi connectivity index (χ0) is 6.15. The fraction of sp³-hybridized carbons (Fsp3) is 0.800. The molecule has 0 heterocycles. The standard InChI is InChI=1S/C5H9NOS/c6-5(7)4(8)3-1-2-3/h3-4,8H,1-2H2,(H2,6,7). The second-order valence-corrected chi connectivity index (χ2v) is 2.74. The summed E-state index contributed by atoms with van der Waals surface area (Å²) in [7, 11) is 0. The first kappa shape index (κ1) is 5.95. The second-order valence-electron chi connectivity index (χ2n) is 2.18. The third-order valence-corrected chi connectivity index (χ3v) is 2.04. The molecule has 1 aliphatic rings. The Bertz CT molecular complexity index is 111. The lowest BCUT2D eigenvalue weighted by molar-refractivity contribution is -0.117. The lowest BCUT2D eigenvalue weighted by Crippen LogP contribution is -2.25. The number of nitrogens with two attached hydrogens (primary N) is 1. The van der Waals surface area contributed by atoms with Crippen LogP contribution in [0.4, 0.5) is 0 Å². The van der Waals surface area contributed by atoms with Crippen LogP contribution in [0.3, 0.4) is 0 Å². The quantitative estimate of drug-likeness (QED) is 0.516. The molecule has 1 rings (SSSR count). The average Bonchev–Trinajstić information content (AvgIpc) is 2.43. The molecule has 2 N–H and O–H groups in total. The Kier molecular flexibility index (Phi) is 1.47. The molecule has 3 heteroatoms. The van der Waals surface area contributed by atoms with Crippen molar-refractivity contribution in [2.75, 3.05) is 0 Å². The largest absolute Gasteiger partial charge is 0.369 e. The first-order chi connectivity index (χ1) is 3.72. The molecule has 0 spiro atoms. The van der Waals surface area contributed by atoms with E-state index in [1.54, 1.807) is 0 Å². The summed E-state index contributed by atoms with van der Waals surface area (Å²) in [6.07, 6.45) is 2.24. The first-order valence-corrected chi connectivity index (χ1v) is 3.21. The van der Waals surface area contributed by atoms with Crippen molar-refractivity contribution in [3.63, 3.8) is 0 Å². The maximum atomic E-state index is 10.3. The van der Waals surface area contributed by atoms with Crippen LogP contribution in [0.5, 0.6) is 0 Å². The maximum Gasteiger partial charge on any atom is 0.230 e. The SMILES string of the molecule is NC(=O)C(S)C1CC1. The summed E-state index contributed by atoms with van der Waals surface area (Å²) in [5.41, 5.74) is 4.96. The van der Waals surface area contributed by atoms with Gasteiger partial charge in [-0.1, -0.05) is 0 Å². The number of hydrogen-bond donors (Lipinski definition) is 2. The molecular formula is C5H9NOS. The Morgan fingerprint density at radius 2 is 2.25 bits per heavy atom. The van der Waals surface area contributed by atoms with Crippen LogP contribution in [0.2, 0.25) is 0 Å². The molecule has 0 aromatic carbocycles. The molecule has 0 aliphatic heterocycles. The van der Waals surface area contributed by atoms with Gasteiger partial charge < -0.3 is 5.73 Å². The summed E-state index contributed by atoms with van der Waals surface area (Å²) in [6.45, 7) is 0. The number of hydrogen-bond acceptors (Lipinski definition) is 2. The predicted octanol–water partition coefficient (Wildman–Crippen LogP) is 0.180. The number of primary amides is 1. The Labute approximate surface area is 53.8 Å². The summed E-state index contributed by atoms with van der Waals surface area (Å²) >= 11 is 4.01. The van der Waals surface area contributed by atoms with Gasteiger partial charge in [-0.15, -0.1) is 0 Å². The highest BCUT2D eigenvalue weighted by Gasteiger charge is 2.31. The van der Waals surface area contributed by atoms with Crippen LogP contribution >= 0.6 is 12.6 Å². The molecule has 1 amide bonds. The van der Waals surface area contributed by atoms with E-state index in [4.69, 9.17) is 5.73 Å². The molecule has 0 radical (unpaired) electrons. The lowest BCUT2D eigenvalue weighted by Gasteiger charge is -1.99. The Morgan fingerprint density at radius 1 is 1.75 bits per heavy atom. The van der Waals surface area contributed by atoms with E-state index in [1.165, 1.54) is 0 Å². The van der Waals surface area contributed by atoms with Gasteiger partial charge in [0.2, 0.25) is 5.91 Å². The summed E-state index contributed by atoms with van der Waals surface area (Å²) in [5.74, 6) is 0.201. The van der Waals surface area contributed by atoms with Gasteiger partial charge in [0.1, 0.15) is 0 Å². The first-order valence-electron chi connectivity index (χ1n) is 2.69. The maximum absolute atomic E-state index is 10.3. The van der Waals surface area contributed by atoms with Gasteiger partial charge in [-0.2, -0.15) is 12.6 Å². The van der Waals surface area contributed by atoms with Gasteiger partial charge in [-0.05, 0) is 18.8 Å². The van der Waals surface area contributed by atoms with Crippen molar-refractivity contribution < 1.29 is 4.79 Å². The van der Waals surface area contributed by atoms with E-state index in [1.807, 2.05) is 0 Å². The van der Waals surface area contributed by atoms with Gasteiger partial charge in [0.15, 0.2) is 0 Å². The minimum Gasteiger partial charge on any atom is -0.369 e. The number of thiol groups is 1. The van der Waals surface area contributed by atoms with E-state index >= 15 is 0 Å². The van der Waals surface area contributed by atoms with Crippen LogP contribution in [0.1, 0.15) is 12.8 Å². The molecular weight excluding hydrogens is 122 g/mol. The fourth-order valence-electron chi connectivity index (χ4n) is 0.644. The van der Waals surface area contributed by atoms with Crippen molar-refractivity contribution in [2.45, 2.75) is 18.1 Å². The lowest BCUT2D eigenvalue weighted by atomic mass is 10.3. The molecule has 46 valence electrons. The molecule has 2 nitrogen and oxygen atoms in total. The van der Waals surface area contributed by atoms with E-state index in [0.717, 1.165) is 12.8 Å². The summed E-state index contributed by atoms with van der Waals surface area (Å²) in [6, 6.07) is 0. The zero-order valence-electron chi connectivity index (χ0n) is 4.50. The molecule has 0 bridgehead atoms. The molecule has 1 fully saturated rings. The van der Waals surface area contributed by atoms with Crippen molar-refractivity contribution >= 4 is 18.5 Å². The number of rotatable bonds is 2. The second kappa shape index (κ2) is 1.97. The van der Waals surface area contributed by atoms with E-state index in [-0.39, 0.29) is 11.2 Å². The van der Waals surface area contributed by atoms with E-state index in [9.17, 15) is 4.79 Å². The van der Waals surface area contributed by atoms with Crippen LogP contribution in [-0.2, 0) is 4.79 Å². The average molecular weight is 131 g/mol. The topological polar surface area (TPSA) is 43.1 Å². The summed E-state index contributed by atoms with van der Waals surface area (Å²) < 4.78 is 0. The molecule has 0 saturated heterocycles. The molecule has 1 unspecified atom stereocenters. The highest BCUT2D eigenvalue weighted by molar-refractivity contribution is 7.81. The van der Waals surface area contributed by atoms with Crippen LogP contribution in [0, 0.1) is 5.92 Å². The summed E-state index contributed by atoms with van der Waals surface area (Å²) in [5, 5.41) is -0.185. The van der Waals surface area contributed by atoms with Crippen LogP contribution < -0.4 is 5.73 Å². The van der Waals surface area contributed by atoms with Crippen LogP contribution in [0.25, 0.3) is 0 Å². The van der Waals surface area contributed by atoms with E-state index in [2.05, 4.69) is 12.6 Å². The minimum absolute atomic E-state index is 0.185. The van der Waals surface area contributed by atoms with E-state index in [0.29, 0.717) is 5.92 Å². The zero-order valence-corrected chi connectivity index (χ0v) is 5.40. The van der Waals surface area contributed by atoms with Crippen molar-refractivity contribution in [2.24, 2.45) is 11.7 Å². The van der Waals surface area contributed by atoms with Gasteiger partial charge in [-0.25, -0.2) is 0 Å². The number of carbonyl (C=O) groups is 1. The fourth-order valence-corrected chi connectivity index (χ4v) is 0.942.